The number of rotatable bonds is 7. The molecule has 1 aliphatic rings. The van der Waals surface area contributed by atoms with Gasteiger partial charge in [-0.15, -0.1) is 0 Å². The summed E-state index contributed by atoms with van der Waals surface area (Å²) in [7, 11) is 3.06. The number of nitrogens with zero attached hydrogens (tertiary/aromatic N) is 5. The van der Waals surface area contributed by atoms with Gasteiger partial charge in [0.25, 0.3) is 0 Å². The van der Waals surface area contributed by atoms with Crippen molar-refractivity contribution in [2.24, 2.45) is 0 Å². The molecule has 11 heteroatoms. The molecular weight excluding hydrogens is 396 g/mol. The Kier molecular flexibility index (Phi) is 7.19. The molecule has 0 atom stereocenters. The second kappa shape index (κ2) is 10.0. The molecule has 29 heavy (non-hydrogen) atoms. The molecule has 154 valence electrons. The molecule has 0 aliphatic carbocycles. The van der Waals surface area contributed by atoms with Gasteiger partial charge in [0.2, 0.25) is 23.6 Å². The largest absolute Gasteiger partial charge is 0.480 e. The molecule has 1 fully saturated rings. The normalized spacial score (nSPS) is 14.1. The zero-order valence-corrected chi connectivity index (χ0v) is 17.2. The lowest BCUT2D eigenvalue weighted by atomic mass is 10.4. The first-order chi connectivity index (χ1) is 14.1. The predicted molar refractivity (Wildman–Crippen MR) is 108 cm³/mol. The first kappa shape index (κ1) is 20.8. The van der Waals surface area contributed by atoms with Gasteiger partial charge in [-0.25, -0.2) is 9.97 Å². The lowest BCUT2D eigenvalue weighted by molar-refractivity contribution is -0.111. The number of carbonyl (C=O) groups is 1. The molecule has 3 heterocycles. The lowest BCUT2D eigenvalue weighted by Crippen LogP contribution is -2.37. The SMILES string of the molecule is CC=CC(=O)Nc1ccnc(Sc2c(OC)nc(N3CCOCC3)nc2OC)n1. The Morgan fingerprint density at radius 3 is 2.52 bits per heavy atom. The van der Waals surface area contributed by atoms with Gasteiger partial charge >= 0.3 is 0 Å². The van der Waals surface area contributed by atoms with Crippen LogP contribution in [0.3, 0.4) is 0 Å². The molecular formula is C18H22N6O4S. The molecule has 1 saturated heterocycles. The summed E-state index contributed by atoms with van der Waals surface area (Å²) in [6, 6.07) is 1.61. The maximum absolute atomic E-state index is 11.7. The van der Waals surface area contributed by atoms with E-state index in [2.05, 4.69) is 25.3 Å². The molecule has 1 aliphatic heterocycles. The lowest BCUT2D eigenvalue weighted by Gasteiger charge is -2.27. The Labute approximate surface area is 172 Å². The number of hydrogen-bond donors (Lipinski definition) is 1. The molecule has 1 amide bonds. The first-order valence-electron chi connectivity index (χ1n) is 8.92. The average molecular weight is 418 g/mol. The summed E-state index contributed by atoms with van der Waals surface area (Å²) >= 11 is 1.19. The molecule has 0 saturated carbocycles. The minimum atomic E-state index is -0.268. The van der Waals surface area contributed by atoms with E-state index in [9.17, 15) is 4.79 Å². The van der Waals surface area contributed by atoms with E-state index >= 15 is 0 Å². The second-order valence-corrected chi connectivity index (χ2v) is 6.76. The summed E-state index contributed by atoms with van der Waals surface area (Å²) in [6.45, 7) is 4.37. The third-order valence-electron chi connectivity index (χ3n) is 3.87. The van der Waals surface area contributed by atoms with E-state index in [0.29, 0.717) is 59.9 Å². The van der Waals surface area contributed by atoms with Crippen LogP contribution in [0.2, 0.25) is 0 Å². The zero-order valence-electron chi connectivity index (χ0n) is 16.4. The molecule has 3 rings (SSSR count). The van der Waals surface area contributed by atoms with Gasteiger partial charge in [-0.3, -0.25) is 4.79 Å². The number of allylic oxidation sites excluding steroid dienone is 1. The fourth-order valence-corrected chi connectivity index (χ4v) is 3.41. The van der Waals surface area contributed by atoms with E-state index < -0.39 is 0 Å². The van der Waals surface area contributed by atoms with Crippen molar-refractivity contribution < 1.29 is 19.0 Å². The molecule has 0 bridgehead atoms. The van der Waals surface area contributed by atoms with Crippen LogP contribution in [0, 0.1) is 0 Å². The molecule has 0 aromatic carbocycles. The number of hydrogen-bond acceptors (Lipinski definition) is 10. The molecule has 0 spiro atoms. The number of ether oxygens (including phenoxy) is 3. The van der Waals surface area contributed by atoms with Crippen molar-refractivity contribution in [1.29, 1.82) is 0 Å². The number of aromatic nitrogens is 4. The Morgan fingerprint density at radius 1 is 1.21 bits per heavy atom. The third-order valence-corrected chi connectivity index (χ3v) is 4.80. The topological polar surface area (TPSA) is 112 Å². The summed E-state index contributed by atoms with van der Waals surface area (Å²) in [5.74, 6) is 1.34. The van der Waals surface area contributed by atoms with E-state index in [1.807, 2.05) is 4.90 Å². The van der Waals surface area contributed by atoms with Crippen molar-refractivity contribution in [1.82, 2.24) is 19.9 Å². The predicted octanol–water partition coefficient (Wildman–Crippen LogP) is 1.79. The van der Waals surface area contributed by atoms with Crippen LogP contribution in [0.4, 0.5) is 11.8 Å². The summed E-state index contributed by atoms with van der Waals surface area (Å²) in [4.78, 5) is 31.9. The smallest absolute Gasteiger partial charge is 0.249 e. The van der Waals surface area contributed by atoms with E-state index in [0.717, 1.165) is 0 Å². The zero-order chi connectivity index (χ0) is 20.6. The molecule has 0 unspecified atom stereocenters. The highest BCUT2D eigenvalue weighted by Gasteiger charge is 2.22. The average Bonchev–Trinajstić information content (AvgIpc) is 2.74. The van der Waals surface area contributed by atoms with Crippen molar-refractivity contribution in [3.05, 3.63) is 24.4 Å². The highest BCUT2D eigenvalue weighted by molar-refractivity contribution is 7.99. The molecule has 10 nitrogen and oxygen atoms in total. The molecule has 2 aromatic heterocycles. The number of nitrogens with one attached hydrogen (secondary N) is 1. The quantitative estimate of drug-likeness (QED) is 0.527. The van der Waals surface area contributed by atoms with Gasteiger partial charge in [0, 0.05) is 19.3 Å². The van der Waals surface area contributed by atoms with Crippen LogP contribution in [0.1, 0.15) is 6.92 Å². The van der Waals surface area contributed by atoms with Crippen LogP contribution in [0.5, 0.6) is 11.8 Å². The van der Waals surface area contributed by atoms with Gasteiger partial charge in [-0.05, 0) is 30.8 Å². The number of anilines is 2. The van der Waals surface area contributed by atoms with Crippen molar-refractivity contribution in [3.63, 3.8) is 0 Å². The van der Waals surface area contributed by atoms with Crippen LogP contribution in [-0.2, 0) is 9.53 Å². The molecule has 1 N–H and O–H groups in total. The van der Waals surface area contributed by atoms with E-state index in [-0.39, 0.29) is 5.91 Å². The number of methoxy groups -OCH3 is 2. The minimum Gasteiger partial charge on any atom is -0.480 e. The fraction of sp³-hybridized carbons (Fsp3) is 0.389. The minimum absolute atomic E-state index is 0.268. The number of morpholine rings is 1. The number of carbonyl (C=O) groups excluding carboxylic acids is 1. The Balaban J connectivity index is 1.87. The summed E-state index contributed by atoms with van der Waals surface area (Å²) in [6.07, 6.45) is 4.62. The van der Waals surface area contributed by atoms with Crippen LogP contribution in [0.15, 0.2) is 34.5 Å². The first-order valence-corrected chi connectivity index (χ1v) is 9.73. The monoisotopic (exact) mass is 418 g/mol. The Bertz CT molecular complexity index is 863. The maximum atomic E-state index is 11.7. The van der Waals surface area contributed by atoms with Crippen LogP contribution < -0.4 is 19.7 Å². The van der Waals surface area contributed by atoms with Gasteiger partial charge in [-0.1, -0.05) is 6.08 Å². The van der Waals surface area contributed by atoms with Crippen molar-refractivity contribution >= 4 is 29.4 Å². The van der Waals surface area contributed by atoms with Crippen molar-refractivity contribution in [2.45, 2.75) is 17.0 Å². The Morgan fingerprint density at radius 2 is 1.90 bits per heavy atom. The second-order valence-electron chi connectivity index (χ2n) is 5.79. The third kappa shape index (κ3) is 5.33. The van der Waals surface area contributed by atoms with Gasteiger partial charge in [0.05, 0.1) is 27.4 Å². The standard InChI is InChI=1S/C18H22N6O4S/c1-4-5-13(25)20-12-6-7-19-18(21-12)29-14-15(26-2)22-17(23-16(14)27-3)24-8-10-28-11-9-24/h4-7H,8-11H2,1-3H3,(H,19,20,21,25). The van der Waals surface area contributed by atoms with E-state index in [4.69, 9.17) is 14.2 Å². The number of amides is 1. The van der Waals surface area contributed by atoms with Crippen LogP contribution in [-0.4, -0.2) is 66.4 Å². The van der Waals surface area contributed by atoms with Gasteiger partial charge in [0.15, 0.2) is 5.16 Å². The van der Waals surface area contributed by atoms with Crippen LogP contribution in [0.25, 0.3) is 0 Å². The van der Waals surface area contributed by atoms with Gasteiger partial charge in [0.1, 0.15) is 10.7 Å². The highest BCUT2D eigenvalue weighted by Crippen LogP contribution is 2.39. The summed E-state index contributed by atoms with van der Waals surface area (Å²) in [5, 5.41) is 3.07. The van der Waals surface area contributed by atoms with Gasteiger partial charge in [-0.2, -0.15) is 9.97 Å². The fourth-order valence-electron chi connectivity index (χ4n) is 2.54. The molecule has 2 aromatic rings. The summed E-state index contributed by atoms with van der Waals surface area (Å²) < 4.78 is 16.3. The summed E-state index contributed by atoms with van der Waals surface area (Å²) in [5.41, 5.74) is 0. The van der Waals surface area contributed by atoms with Crippen molar-refractivity contribution in [3.8, 4) is 11.8 Å². The van der Waals surface area contributed by atoms with Crippen LogP contribution >= 0.6 is 11.8 Å². The van der Waals surface area contributed by atoms with Gasteiger partial charge < -0.3 is 24.4 Å². The highest BCUT2D eigenvalue weighted by atomic mass is 32.2. The molecule has 0 radical (unpaired) electrons. The Hall–Kier alpha value is -2.92. The van der Waals surface area contributed by atoms with E-state index in [1.165, 1.54) is 32.1 Å². The van der Waals surface area contributed by atoms with E-state index in [1.54, 1.807) is 25.3 Å². The maximum Gasteiger partial charge on any atom is 0.249 e. The van der Waals surface area contributed by atoms with Crippen molar-refractivity contribution in [2.75, 3.05) is 50.7 Å².